The maximum absolute atomic E-state index is 12.8. The molecule has 0 bridgehead atoms. The number of hydrogen-bond acceptors (Lipinski definition) is 6. The molecule has 0 radical (unpaired) electrons. The van der Waals surface area contributed by atoms with Crippen LogP contribution in [0.4, 0.5) is 19.3 Å². The number of anilines is 1. The first-order valence-electron chi connectivity index (χ1n) is 10.9. The molecule has 1 N–H and O–H groups in total. The average molecular weight is 462 g/mol. The van der Waals surface area contributed by atoms with Crippen molar-refractivity contribution in [3.05, 3.63) is 53.6 Å². The van der Waals surface area contributed by atoms with Gasteiger partial charge in [0.1, 0.15) is 0 Å². The van der Waals surface area contributed by atoms with Crippen molar-refractivity contribution in [1.29, 1.82) is 0 Å². The van der Waals surface area contributed by atoms with Crippen molar-refractivity contribution >= 4 is 17.5 Å². The van der Waals surface area contributed by atoms with Crippen molar-refractivity contribution in [1.82, 2.24) is 5.01 Å². The Morgan fingerprint density at radius 2 is 1.94 bits per heavy atom. The Labute approximate surface area is 192 Å². The Bertz CT molecular complexity index is 967. The predicted molar refractivity (Wildman–Crippen MR) is 122 cm³/mol. The summed E-state index contributed by atoms with van der Waals surface area (Å²) in [5.74, 6) is 0.450. The molecule has 1 heterocycles. The molecule has 0 spiro atoms. The number of benzene rings is 2. The van der Waals surface area contributed by atoms with Crippen molar-refractivity contribution in [2.75, 3.05) is 25.6 Å². The van der Waals surface area contributed by atoms with E-state index in [9.17, 15) is 13.6 Å². The molecule has 7 nitrogen and oxygen atoms in total. The zero-order valence-electron chi connectivity index (χ0n) is 19.0. The van der Waals surface area contributed by atoms with Gasteiger partial charge in [0.2, 0.25) is 0 Å². The molecule has 0 saturated heterocycles. The zero-order chi connectivity index (χ0) is 23.8. The van der Waals surface area contributed by atoms with Crippen LogP contribution in [-0.4, -0.2) is 43.7 Å². The number of nitrogens with one attached hydrogen (secondary N) is 1. The molecule has 2 aromatic carbocycles. The van der Waals surface area contributed by atoms with E-state index in [0.717, 1.165) is 36.2 Å². The summed E-state index contributed by atoms with van der Waals surface area (Å²) < 4.78 is 40.4. The second kappa shape index (κ2) is 11.5. The van der Waals surface area contributed by atoms with E-state index in [0.29, 0.717) is 18.8 Å². The van der Waals surface area contributed by atoms with Crippen LogP contribution in [0.3, 0.4) is 0 Å². The molecule has 1 aliphatic heterocycles. The number of halogens is 2. The molecule has 1 amide bonds. The standard InChI is InChI=1S/C24H29F2N3O4/c1-4-17-12-13-29(15-16-6-9-19(10-7-16)27-24(30)32-5-2)28-22(17)18-8-11-20(31-3)21(14-18)33-23(25)26/h6-11,14,17,23H,4-5,12-13,15H2,1-3H3,(H,27,30). The van der Waals surface area contributed by atoms with Gasteiger partial charge < -0.3 is 14.2 Å². The van der Waals surface area contributed by atoms with Crippen molar-refractivity contribution < 1.29 is 27.8 Å². The number of carbonyl (C=O) groups excluding carboxylic acids is 1. The Kier molecular flexibility index (Phi) is 8.46. The van der Waals surface area contributed by atoms with Gasteiger partial charge in [-0.05, 0) is 55.7 Å². The van der Waals surface area contributed by atoms with E-state index in [1.807, 2.05) is 35.3 Å². The number of hydrazone groups is 1. The zero-order valence-corrected chi connectivity index (χ0v) is 19.0. The van der Waals surface area contributed by atoms with Crippen LogP contribution in [-0.2, 0) is 11.3 Å². The van der Waals surface area contributed by atoms with Crippen LogP contribution in [0, 0.1) is 5.92 Å². The molecular formula is C24H29F2N3O4. The number of carbonyl (C=O) groups is 1. The van der Waals surface area contributed by atoms with E-state index in [1.54, 1.807) is 19.1 Å². The summed E-state index contributed by atoms with van der Waals surface area (Å²) in [4.78, 5) is 11.5. The summed E-state index contributed by atoms with van der Waals surface area (Å²) in [7, 11) is 1.41. The van der Waals surface area contributed by atoms with Gasteiger partial charge in [-0.25, -0.2) is 4.79 Å². The van der Waals surface area contributed by atoms with Gasteiger partial charge >= 0.3 is 12.7 Å². The third-order valence-electron chi connectivity index (χ3n) is 5.38. The molecule has 9 heteroatoms. The second-order valence-electron chi connectivity index (χ2n) is 7.55. The van der Waals surface area contributed by atoms with E-state index in [4.69, 9.17) is 14.6 Å². The lowest BCUT2D eigenvalue weighted by Gasteiger charge is -2.31. The molecule has 0 fully saturated rings. The largest absolute Gasteiger partial charge is 0.493 e. The monoisotopic (exact) mass is 461 g/mol. The highest BCUT2D eigenvalue weighted by molar-refractivity contribution is 6.03. The molecule has 2 aromatic rings. The first-order chi connectivity index (χ1) is 15.9. The molecule has 1 atom stereocenters. The van der Waals surface area contributed by atoms with E-state index in [-0.39, 0.29) is 17.4 Å². The Morgan fingerprint density at radius 1 is 1.18 bits per heavy atom. The van der Waals surface area contributed by atoms with E-state index >= 15 is 0 Å². The second-order valence-corrected chi connectivity index (χ2v) is 7.55. The average Bonchev–Trinajstić information content (AvgIpc) is 2.80. The fraction of sp³-hybridized carbons (Fsp3) is 0.417. The van der Waals surface area contributed by atoms with E-state index < -0.39 is 12.7 Å². The SMILES string of the molecule is CCOC(=O)Nc1ccc(CN2CCC(CC)C(c3ccc(OC)c(OC(F)F)c3)=N2)cc1. The molecule has 178 valence electrons. The summed E-state index contributed by atoms with van der Waals surface area (Å²) in [6, 6.07) is 12.5. The third kappa shape index (κ3) is 6.57. The Hall–Kier alpha value is -3.36. The number of rotatable bonds is 9. The van der Waals surface area contributed by atoms with Gasteiger partial charge in [-0.15, -0.1) is 0 Å². The summed E-state index contributed by atoms with van der Waals surface area (Å²) in [6.07, 6.45) is 1.29. The van der Waals surface area contributed by atoms with Gasteiger partial charge in [0, 0.05) is 23.7 Å². The van der Waals surface area contributed by atoms with Crippen molar-refractivity contribution in [3.8, 4) is 11.5 Å². The minimum Gasteiger partial charge on any atom is -0.493 e. The van der Waals surface area contributed by atoms with Gasteiger partial charge in [-0.1, -0.05) is 19.1 Å². The van der Waals surface area contributed by atoms with Crippen molar-refractivity contribution in [2.24, 2.45) is 11.0 Å². The van der Waals surface area contributed by atoms with Crippen LogP contribution in [0.2, 0.25) is 0 Å². The summed E-state index contributed by atoms with van der Waals surface area (Å²) in [5, 5.41) is 9.48. The first kappa shape index (κ1) is 24.3. The Balaban J connectivity index is 1.78. The molecule has 0 saturated carbocycles. The van der Waals surface area contributed by atoms with Gasteiger partial charge in [0.15, 0.2) is 11.5 Å². The maximum atomic E-state index is 12.8. The van der Waals surface area contributed by atoms with E-state index in [2.05, 4.69) is 17.0 Å². The fourth-order valence-corrected chi connectivity index (χ4v) is 3.74. The summed E-state index contributed by atoms with van der Waals surface area (Å²) in [5.41, 5.74) is 3.25. The summed E-state index contributed by atoms with van der Waals surface area (Å²) >= 11 is 0. The van der Waals surface area contributed by atoms with Crippen LogP contribution < -0.4 is 14.8 Å². The molecule has 3 rings (SSSR count). The number of methoxy groups -OCH3 is 1. The summed E-state index contributed by atoms with van der Waals surface area (Å²) in [6.45, 7) is 2.56. The molecule has 1 unspecified atom stereocenters. The highest BCUT2D eigenvalue weighted by atomic mass is 19.3. The molecule has 0 aliphatic carbocycles. The lowest BCUT2D eigenvalue weighted by atomic mass is 9.90. The number of ether oxygens (including phenoxy) is 3. The number of nitrogens with zero attached hydrogens (tertiary/aromatic N) is 2. The fourth-order valence-electron chi connectivity index (χ4n) is 3.74. The maximum Gasteiger partial charge on any atom is 0.411 e. The molecule has 0 aromatic heterocycles. The minimum absolute atomic E-state index is 0.00985. The van der Waals surface area contributed by atoms with Crippen molar-refractivity contribution in [3.63, 3.8) is 0 Å². The highest BCUT2D eigenvalue weighted by Gasteiger charge is 2.25. The normalized spacial score (nSPS) is 15.8. The highest BCUT2D eigenvalue weighted by Crippen LogP contribution is 2.32. The lowest BCUT2D eigenvalue weighted by Crippen LogP contribution is -2.32. The van der Waals surface area contributed by atoms with Crippen LogP contribution in [0.15, 0.2) is 47.6 Å². The van der Waals surface area contributed by atoms with Crippen molar-refractivity contribution in [2.45, 2.75) is 39.8 Å². The third-order valence-corrected chi connectivity index (χ3v) is 5.38. The van der Waals surface area contributed by atoms with Gasteiger partial charge in [-0.3, -0.25) is 10.3 Å². The topological polar surface area (TPSA) is 72.4 Å². The number of amides is 1. The van der Waals surface area contributed by atoms with Gasteiger partial charge in [-0.2, -0.15) is 13.9 Å². The van der Waals surface area contributed by atoms with Gasteiger partial charge in [0.25, 0.3) is 0 Å². The number of alkyl halides is 2. The molecular weight excluding hydrogens is 432 g/mol. The minimum atomic E-state index is -2.94. The van der Waals surface area contributed by atoms with Crippen LogP contribution in [0.25, 0.3) is 0 Å². The first-order valence-corrected chi connectivity index (χ1v) is 10.9. The van der Waals surface area contributed by atoms with Crippen LogP contribution in [0.1, 0.15) is 37.8 Å². The predicted octanol–water partition coefficient (Wildman–Crippen LogP) is 5.50. The van der Waals surface area contributed by atoms with Gasteiger partial charge in [0.05, 0.1) is 26.0 Å². The Morgan fingerprint density at radius 3 is 2.58 bits per heavy atom. The van der Waals surface area contributed by atoms with E-state index in [1.165, 1.54) is 7.11 Å². The quantitative estimate of drug-likeness (QED) is 0.534. The smallest absolute Gasteiger partial charge is 0.411 e. The number of hydrogen-bond donors (Lipinski definition) is 1. The molecule has 33 heavy (non-hydrogen) atoms. The molecule has 1 aliphatic rings. The lowest BCUT2D eigenvalue weighted by molar-refractivity contribution is -0.0512. The van der Waals surface area contributed by atoms with Crippen LogP contribution in [0.5, 0.6) is 11.5 Å². The van der Waals surface area contributed by atoms with Crippen LogP contribution >= 0.6 is 0 Å².